The lowest BCUT2D eigenvalue weighted by Crippen LogP contribution is -2.31. The number of ketones is 1. The van der Waals surface area contributed by atoms with Crippen molar-refractivity contribution in [2.24, 2.45) is 0 Å². The van der Waals surface area contributed by atoms with E-state index in [4.69, 9.17) is 16.3 Å². The van der Waals surface area contributed by atoms with Gasteiger partial charge in [0, 0.05) is 34.7 Å². The zero-order valence-electron chi connectivity index (χ0n) is 14.6. The van der Waals surface area contributed by atoms with Crippen LogP contribution >= 0.6 is 11.6 Å². The number of ether oxygens (including phenoxy) is 1. The molecule has 0 saturated carbocycles. The molecule has 1 aliphatic heterocycles. The Kier molecular flexibility index (Phi) is 4.71. The average molecular weight is 395 g/mol. The molecule has 3 aromatic rings. The number of benzene rings is 2. The molecule has 2 heterocycles. The molecule has 0 atom stereocenters. The van der Waals surface area contributed by atoms with Crippen molar-refractivity contribution in [3.05, 3.63) is 82.7 Å². The third kappa shape index (κ3) is 3.54. The molecule has 4 rings (SSSR count). The van der Waals surface area contributed by atoms with E-state index >= 15 is 0 Å². The second-order valence-electron chi connectivity index (χ2n) is 6.38. The van der Waals surface area contributed by atoms with E-state index in [0.717, 1.165) is 17.2 Å². The monoisotopic (exact) mass is 394 g/mol. The number of cyclic esters (lactones) is 1. The van der Waals surface area contributed by atoms with Gasteiger partial charge in [-0.15, -0.1) is 0 Å². The number of nitrogens with one attached hydrogen (secondary N) is 1. The van der Waals surface area contributed by atoms with Crippen molar-refractivity contribution in [3.63, 3.8) is 0 Å². The predicted octanol–water partition coefficient (Wildman–Crippen LogP) is 3.08. The van der Waals surface area contributed by atoms with Crippen molar-refractivity contribution in [3.8, 4) is 0 Å². The highest BCUT2D eigenvalue weighted by atomic mass is 35.5. The Morgan fingerprint density at radius 2 is 1.96 bits per heavy atom. The summed E-state index contributed by atoms with van der Waals surface area (Å²) in [5, 5.41) is 3.75. The minimum atomic E-state index is -0.810. The second-order valence-corrected chi connectivity index (χ2v) is 6.81. The molecule has 0 spiro atoms. The first-order valence-electron chi connectivity index (χ1n) is 8.56. The van der Waals surface area contributed by atoms with E-state index in [9.17, 15) is 14.4 Å². The van der Waals surface area contributed by atoms with Crippen molar-refractivity contribution >= 4 is 40.2 Å². The van der Waals surface area contributed by atoms with Gasteiger partial charge in [0.05, 0.1) is 11.3 Å². The average Bonchev–Trinajstić information content (AvgIpc) is 3.25. The first-order chi connectivity index (χ1) is 13.5. The number of nitrogens with zero attached hydrogens (tertiary/aromatic N) is 1. The predicted molar refractivity (Wildman–Crippen MR) is 104 cm³/mol. The van der Waals surface area contributed by atoms with Crippen LogP contribution in [0.2, 0.25) is 5.02 Å². The largest absolute Gasteiger partial charge is 0.456 e. The van der Waals surface area contributed by atoms with E-state index in [2.05, 4.69) is 5.32 Å². The van der Waals surface area contributed by atoms with E-state index in [1.807, 2.05) is 41.0 Å². The molecule has 140 valence electrons. The number of Topliss-reactive ketones (excluding diaryl/α,β-unsaturated/α-hetero) is 1. The summed E-state index contributed by atoms with van der Waals surface area (Å²) >= 11 is 6.06. The highest BCUT2D eigenvalue weighted by Gasteiger charge is 2.24. The number of para-hydroxylation sites is 1. The SMILES string of the molecule is O=C1C=C(NC(=O)C(=O)c2cn(Cc3cccc(Cl)c3)c3ccccc23)CO1. The molecule has 28 heavy (non-hydrogen) atoms. The van der Waals surface area contributed by atoms with E-state index in [1.54, 1.807) is 18.3 Å². The maximum absolute atomic E-state index is 12.7. The number of aromatic nitrogens is 1. The lowest BCUT2D eigenvalue weighted by molar-refractivity contribution is -0.135. The Balaban J connectivity index is 1.65. The van der Waals surface area contributed by atoms with E-state index < -0.39 is 17.7 Å². The molecular weight excluding hydrogens is 380 g/mol. The lowest BCUT2D eigenvalue weighted by atomic mass is 10.1. The van der Waals surface area contributed by atoms with E-state index in [-0.39, 0.29) is 12.3 Å². The summed E-state index contributed by atoms with van der Waals surface area (Å²) in [5.41, 5.74) is 2.37. The van der Waals surface area contributed by atoms with Crippen LogP contribution < -0.4 is 5.32 Å². The van der Waals surface area contributed by atoms with Crippen molar-refractivity contribution in [2.75, 3.05) is 6.61 Å². The fourth-order valence-electron chi connectivity index (χ4n) is 3.16. The Labute approximate surface area is 165 Å². The summed E-state index contributed by atoms with van der Waals surface area (Å²) in [4.78, 5) is 36.2. The summed E-state index contributed by atoms with van der Waals surface area (Å²) in [6.07, 6.45) is 2.83. The van der Waals surface area contributed by atoms with Gasteiger partial charge in [0.15, 0.2) is 0 Å². The van der Waals surface area contributed by atoms with Gasteiger partial charge in [-0.25, -0.2) is 4.79 Å². The van der Waals surface area contributed by atoms with Crippen LogP contribution in [0.4, 0.5) is 0 Å². The minimum absolute atomic E-state index is 0.0472. The topological polar surface area (TPSA) is 77.4 Å². The zero-order chi connectivity index (χ0) is 19.7. The third-order valence-electron chi connectivity index (χ3n) is 4.42. The molecule has 0 unspecified atom stereocenters. The van der Waals surface area contributed by atoms with Gasteiger partial charge in [-0.05, 0) is 23.8 Å². The van der Waals surface area contributed by atoms with Crippen molar-refractivity contribution in [2.45, 2.75) is 6.54 Å². The van der Waals surface area contributed by atoms with Gasteiger partial charge in [-0.2, -0.15) is 0 Å². The molecule has 0 aliphatic carbocycles. The van der Waals surface area contributed by atoms with Crippen molar-refractivity contribution in [1.82, 2.24) is 9.88 Å². The van der Waals surface area contributed by atoms with Crippen LogP contribution in [0, 0.1) is 0 Å². The Morgan fingerprint density at radius 3 is 2.71 bits per heavy atom. The molecule has 2 aromatic carbocycles. The van der Waals surface area contributed by atoms with Crippen LogP contribution in [-0.2, 0) is 20.9 Å². The summed E-state index contributed by atoms with van der Waals surface area (Å²) < 4.78 is 6.64. The lowest BCUT2D eigenvalue weighted by Gasteiger charge is -2.06. The van der Waals surface area contributed by atoms with Gasteiger partial charge < -0.3 is 14.6 Å². The Morgan fingerprint density at radius 1 is 1.14 bits per heavy atom. The molecule has 1 aliphatic rings. The van der Waals surface area contributed by atoms with Crippen molar-refractivity contribution < 1.29 is 19.1 Å². The van der Waals surface area contributed by atoms with Gasteiger partial charge in [0.2, 0.25) is 0 Å². The number of fused-ring (bicyclic) bond motifs is 1. The van der Waals surface area contributed by atoms with Crippen LogP contribution in [-0.4, -0.2) is 28.8 Å². The Bertz CT molecular complexity index is 1150. The number of esters is 1. The van der Waals surface area contributed by atoms with E-state index in [0.29, 0.717) is 22.5 Å². The number of hydrogen-bond acceptors (Lipinski definition) is 4. The first kappa shape index (κ1) is 18.0. The number of amides is 1. The molecule has 1 N–H and O–H groups in total. The second kappa shape index (κ2) is 7.32. The smallest absolute Gasteiger partial charge is 0.333 e. The third-order valence-corrected chi connectivity index (χ3v) is 4.65. The van der Waals surface area contributed by atoms with E-state index in [1.165, 1.54) is 0 Å². The molecule has 1 amide bonds. The molecule has 0 bridgehead atoms. The fourth-order valence-corrected chi connectivity index (χ4v) is 3.37. The first-order valence-corrected chi connectivity index (χ1v) is 8.94. The minimum Gasteiger partial charge on any atom is -0.456 e. The molecule has 0 saturated heterocycles. The van der Waals surface area contributed by atoms with Gasteiger partial charge >= 0.3 is 5.97 Å². The van der Waals surface area contributed by atoms with Gasteiger partial charge in [-0.3, -0.25) is 9.59 Å². The van der Waals surface area contributed by atoms with Crippen LogP contribution in [0.1, 0.15) is 15.9 Å². The highest BCUT2D eigenvalue weighted by Crippen LogP contribution is 2.24. The quantitative estimate of drug-likeness (QED) is 0.410. The molecule has 0 radical (unpaired) electrons. The maximum Gasteiger partial charge on any atom is 0.333 e. The molecule has 0 fully saturated rings. The molecule has 7 heteroatoms. The van der Waals surface area contributed by atoms with Crippen LogP contribution in [0.5, 0.6) is 0 Å². The number of halogens is 1. The van der Waals surface area contributed by atoms with Gasteiger partial charge in [-0.1, -0.05) is 41.9 Å². The number of rotatable bonds is 5. The molecular formula is C21H15ClN2O4. The highest BCUT2D eigenvalue weighted by molar-refractivity contribution is 6.45. The molecule has 1 aromatic heterocycles. The summed E-state index contributed by atoms with van der Waals surface area (Å²) in [5.74, 6) is -2.03. The number of hydrogen-bond donors (Lipinski definition) is 1. The Hall–Kier alpha value is -3.38. The van der Waals surface area contributed by atoms with Gasteiger partial charge in [0.25, 0.3) is 11.7 Å². The normalized spacial score (nSPS) is 13.3. The fraction of sp³-hybridized carbons (Fsp3) is 0.0952. The summed E-state index contributed by atoms with van der Waals surface area (Å²) in [6, 6.07) is 14.8. The zero-order valence-corrected chi connectivity index (χ0v) is 15.4. The maximum atomic E-state index is 12.7. The van der Waals surface area contributed by atoms with Crippen LogP contribution in [0.25, 0.3) is 10.9 Å². The number of carbonyl (C=O) groups is 3. The summed E-state index contributed by atoms with van der Waals surface area (Å²) in [6.45, 7) is 0.456. The number of carbonyl (C=O) groups excluding carboxylic acids is 3. The van der Waals surface area contributed by atoms with Crippen molar-refractivity contribution in [1.29, 1.82) is 0 Å². The standard InChI is InChI=1S/C21H15ClN2O4/c22-14-5-3-4-13(8-14)10-24-11-17(16-6-1-2-7-18(16)24)20(26)21(27)23-15-9-19(25)28-12-15/h1-9,11H,10,12H2,(H,23,27). The van der Waals surface area contributed by atoms with Crippen LogP contribution in [0.15, 0.2) is 66.5 Å². The summed E-state index contributed by atoms with van der Waals surface area (Å²) in [7, 11) is 0. The van der Waals surface area contributed by atoms with Gasteiger partial charge in [0.1, 0.15) is 6.61 Å². The van der Waals surface area contributed by atoms with Crippen LogP contribution in [0.3, 0.4) is 0 Å². The molecule has 6 nitrogen and oxygen atoms in total.